The fourth-order valence-corrected chi connectivity index (χ4v) is 4.56. The molecule has 2 N–H and O–H groups in total. The molecule has 0 unspecified atom stereocenters. The second kappa shape index (κ2) is 4.17. The molecular weight excluding hydrogens is 228 g/mol. The van der Waals surface area contributed by atoms with Crippen molar-refractivity contribution in [3.8, 4) is 0 Å². The van der Waals surface area contributed by atoms with Crippen molar-refractivity contribution < 1.29 is 15.0 Å². The van der Waals surface area contributed by atoms with E-state index in [1.54, 1.807) is 0 Å². The predicted molar refractivity (Wildman–Crippen MR) is 67.9 cm³/mol. The van der Waals surface area contributed by atoms with Gasteiger partial charge in [-0.15, -0.1) is 0 Å². The highest BCUT2D eigenvalue weighted by atomic mass is 16.3. The lowest BCUT2D eigenvalue weighted by Crippen LogP contribution is -2.53. The van der Waals surface area contributed by atoms with Crippen LogP contribution in [-0.2, 0) is 4.79 Å². The van der Waals surface area contributed by atoms with E-state index in [1.807, 2.05) is 6.08 Å². The summed E-state index contributed by atoms with van der Waals surface area (Å²) in [5.41, 5.74) is 1.14. The Morgan fingerprint density at radius 3 is 2.67 bits per heavy atom. The van der Waals surface area contributed by atoms with Crippen molar-refractivity contribution in [1.29, 1.82) is 0 Å². The van der Waals surface area contributed by atoms with Crippen LogP contribution in [0, 0.1) is 17.3 Å². The van der Waals surface area contributed by atoms with Gasteiger partial charge in [-0.3, -0.25) is 4.79 Å². The van der Waals surface area contributed by atoms with E-state index in [1.165, 1.54) is 5.57 Å². The van der Waals surface area contributed by atoms with Gasteiger partial charge in [0.2, 0.25) is 0 Å². The second-order valence-electron chi connectivity index (χ2n) is 6.49. The molecule has 3 heteroatoms. The predicted octanol–water partition coefficient (Wildman–Crippen LogP) is 1.82. The molecule has 0 saturated heterocycles. The summed E-state index contributed by atoms with van der Waals surface area (Å²) < 4.78 is 0. The van der Waals surface area contributed by atoms with E-state index < -0.39 is 0 Å². The molecule has 0 aromatic carbocycles. The Labute approximate surface area is 108 Å². The minimum atomic E-state index is -0.319. The van der Waals surface area contributed by atoms with Crippen molar-refractivity contribution in [3.05, 3.63) is 11.6 Å². The standard InChI is InChI=1S/C15H22O3/c1-15-7-6-10(16)8-9(15)2-3-11-12(17)4-5-13(18)14(11)15/h8,11-14,17-18H,2-7H2,1H3/t11-,12-,13+,14-,15+/m1/s1. The second-order valence-corrected chi connectivity index (χ2v) is 6.49. The van der Waals surface area contributed by atoms with Crippen molar-refractivity contribution in [1.82, 2.24) is 0 Å². The third-order valence-corrected chi connectivity index (χ3v) is 5.57. The molecule has 3 nitrogen and oxygen atoms in total. The van der Waals surface area contributed by atoms with Crippen molar-refractivity contribution in [2.24, 2.45) is 17.3 Å². The maximum Gasteiger partial charge on any atom is 0.155 e. The van der Waals surface area contributed by atoms with E-state index in [0.29, 0.717) is 12.8 Å². The lowest BCUT2D eigenvalue weighted by atomic mass is 9.52. The molecule has 3 aliphatic carbocycles. The summed E-state index contributed by atoms with van der Waals surface area (Å²) in [5, 5.41) is 20.6. The Morgan fingerprint density at radius 2 is 1.89 bits per heavy atom. The van der Waals surface area contributed by atoms with Crippen LogP contribution >= 0.6 is 0 Å². The maximum atomic E-state index is 11.6. The monoisotopic (exact) mass is 250 g/mol. The van der Waals surface area contributed by atoms with Gasteiger partial charge in [-0.2, -0.15) is 0 Å². The summed E-state index contributed by atoms with van der Waals surface area (Å²) in [6.07, 6.45) is 5.89. The van der Waals surface area contributed by atoms with Crippen LogP contribution in [0.15, 0.2) is 11.6 Å². The molecule has 2 saturated carbocycles. The molecule has 0 aliphatic heterocycles. The van der Waals surface area contributed by atoms with Crippen LogP contribution in [-0.4, -0.2) is 28.2 Å². The molecular formula is C15H22O3. The van der Waals surface area contributed by atoms with E-state index in [0.717, 1.165) is 25.7 Å². The van der Waals surface area contributed by atoms with E-state index in [2.05, 4.69) is 6.92 Å². The van der Waals surface area contributed by atoms with Crippen LogP contribution in [0.2, 0.25) is 0 Å². The van der Waals surface area contributed by atoms with Crippen LogP contribution in [0.4, 0.5) is 0 Å². The Bertz CT molecular complexity index is 401. The highest BCUT2D eigenvalue weighted by Gasteiger charge is 2.53. The zero-order chi connectivity index (χ0) is 12.9. The summed E-state index contributed by atoms with van der Waals surface area (Å²) >= 11 is 0. The number of hydrogen-bond donors (Lipinski definition) is 2. The average Bonchev–Trinajstić information content (AvgIpc) is 2.34. The van der Waals surface area contributed by atoms with Crippen molar-refractivity contribution in [2.45, 2.75) is 57.7 Å². The number of hydrogen-bond acceptors (Lipinski definition) is 3. The number of carbonyl (C=O) groups excluding carboxylic acids is 1. The Balaban J connectivity index is 1.99. The Morgan fingerprint density at radius 1 is 1.17 bits per heavy atom. The molecule has 0 spiro atoms. The minimum Gasteiger partial charge on any atom is -0.393 e. The summed E-state index contributed by atoms with van der Waals surface area (Å²) in [4.78, 5) is 11.6. The number of fused-ring (bicyclic) bond motifs is 3. The summed E-state index contributed by atoms with van der Waals surface area (Å²) in [7, 11) is 0. The largest absolute Gasteiger partial charge is 0.393 e. The van der Waals surface area contributed by atoms with Gasteiger partial charge in [0.05, 0.1) is 12.2 Å². The van der Waals surface area contributed by atoms with Crippen LogP contribution in [0.3, 0.4) is 0 Å². The molecule has 5 atom stereocenters. The first-order valence-corrected chi connectivity index (χ1v) is 7.12. The molecule has 100 valence electrons. The zero-order valence-corrected chi connectivity index (χ0v) is 10.9. The quantitative estimate of drug-likeness (QED) is 0.689. The van der Waals surface area contributed by atoms with E-state index in [9.17, 15) is 15.0 Å². The number of rotatable bonds is 0. The number of ketones is 1. The van der Waals surface area contributed by atoms with Gasteiger partial charge >= 0.3 is 0 Å². The first-order valence-electron chi connectivity index (χ1n) is 7.12. The molecule has 0 bridgehead atoms. The molecule has 0 heterocycles. The molecule has 3 rings (SSSR count). The number of aliphatic hydroxyl groups excluding tert-OH is 2. The van der Waals surface area contributed by atoms with Gasteiger partial charge in [-0.25, -0.2) is 0 Å². The third-order valence-electron chi connectivity index (χ3n) is 5.57. The molecule has 0 aromatic rings. The van der Waals surface area contributed by atoms with Crippen LogP contribution in [0.5, 0.6) is 0 Å². The van der Waals surface area contributed by atoms with Crippen molar-refractivity contribution in [3.63, 3.8) is 0 Å². The van der Waals surface area contributed by atoms with Crippen LogP contribution in [0.1, 0.15) is 45.4 Å². The van der Waals surface area contributed by atoms with Gasteiger partial charge < -0.3 is 10.2 Å². The molecule has 0 aromatic heterocycles. The first kappa shape index (κ1) is 12.4. The van der Waals surface area contributed by atoms with Gasteiger partial charge in [0.25, 0.3) is 0 Å². The van der Waals surface area contributed by atoms with Gasteiger partial charge in [0, 0.05) is 6.42 Å². The molecule has 18 heavy (non-hydrogen) atoms. The highest BCUT2D eigenvalue weighted by molar-refractivity contribution is 5.91. The normalized spacial score (nSPS) is 48.2. The fourth-order valence-electron chi connectivity index (χ4n) is 4.56. The highest BCUT2D eigenvalue weighted by Crippen LogP contribution is 2.56. The first-order chi connectivity index (χ1) is 8.52. The number of allylic oxidation sites excluding steroid dienone is 2. The van der Waals surface area contributed by atoms with Crippen molar-refractivity contribution >= 4 is 5.78 Å². The lowest BCUT2D eigenvalue weighted by molar-refractivity contribution is -0.122. The fraction of sp³-hybridized carbons (Fsp3) is 0.800. The van der Waals surface area contributed by atoms with E-state index in [4.69, 9.17) is 0 Å². The average molecular weight is 250 g/mol. The third kappa shape index (κ3) is 1.68. The lowest BCUT2D eigenvalue weighted by Gasteiger charge is -2.54. The Hall–Kier alpha value is -0.670. The van der Waals surface area contributed by atoms with Crippen LogP contribution < -0.4 is 0 Å². The Kier molecular flexibility index (Phi) is 2.87. The molecule has 0 amide bonds. The van der Waals surface area contributed by atoms with Gasteiger partial charge in [-0.1, -0.05) is 12.5 Å². The molecule has 0 radical (unpaired) electrons. The topological polar surface area (TPSA) is 57.5 Å². The minimum absolute atomic E-state index is 0.0718. The summed E-state index contributed by atoms with van der Waals surface area (Å²) in [6, 6.07) is 0. The molecule has 2 fully saturated rings. The smallest absolute Gasteiger partial charge is 0.155 e. The number of carbonyl (C=O) groups is 1. The SMILES string of the molecule is C[C@]12CCC(=O)C=C1CC[C@H]1[C@@H]2[C@@H](O)CC[C@H]1O. The number of aliphatic hydroxyl groups is 2. The van der Waals surface area contributed by atoms with Crippen molar-refractivity contribution in [2.75, 3.05) is 0 Å². The maximum absolute atomic E-state index is 11.6. The molecule has 3 aliphatic rings. The van der Waals surface area contributed by atoms with E-state index in [-0.39, 0.29) is 35.2 Å². The summed E-state index contributed by atoms with van der Waals surface area (Å²) in [6.45, 7) is 2.18. The zero-order valence-electron chi connectivity index (χ0n) is 10.9. The summed E-state index contributed by atoms with van der Waals surface area (Å²) in [5.74, 6) is 0.574. The van der Waals surface area contributed by atoms with Gasteiger partial charge in [0.15, 0.2) is 5.78 Å². The van der Waals surface area contributed by atoms with Gasteiger partial charge in [-0.05, 0) is 55.4 Å². The van der Waals surface area contributed by atoms with Gasteiger partial charge in [0.1, 0.15) is 0 Å². The van der Waals surface area contributed by atoms with E-state index >= 15 is 0 Å². The van der Waals surface area contributed by atoms with Crippen LogP contribution in [0.25, 0.3) is 0 Å².